The molecule has 3 unspecified atom stereocenters. The quantitative estimate of drug-likeness (QED) is 0.483. The summed E-state index contributed by atoms with van der Waals surface area (Å²) in [4.78, 5) is 18.5. The van der Waals surface area contributed by atoms with Gasteiger partial charge in [0.2, 0.25) is 0 Å². The van der Waals surface area contributed by atoms with Gasteiger partial charge in [-0.05, 0) is 76.7 Å². The number of ketones is 1. The molecule has 3 aliphatic rings. The minimum atomic E-state index is 0.352. The van der Waals surface area contributed by atoms with Crippen molar-refractivity contribution in [2.45, 2.75) is 117 Å². The molecule has 0 aromatic heterocycles. The van der Waals surface area contributed by atoms with Crippen LogP contribution >= 0.6 is 0 Å². The van der Waals surface area contributed by atoms with E-state index in [1.54, 1.807) is 0 Å². The lowest BCUT2D eigenvalue weighted by atomic mass is 9.77. The van der Waals surface area contributed by atoms with E-state index in [4.69, 9.17) is 0 Å². The third-order valence-corrected chi connectivity index (χ3v) is 9.10. The van der Waals surface area contributed by atoms with Crippen molar-refractivity contribution in [3.05, 3.63) is 0 Å². The second-order valence-electron chi connectivity index (χ2n) is 12.0. The Morgan fingerprint density at radius 2 is 1.53 bits per heavy atom. The van der Waals surface area contributed by atoms with Crippen LogP contribution in [0.15, 0.2) is 0 Å². The van der Waals surface area contributed by atoms with Gasteiger partial charge >= 0.3 is 0 Å². The first-order valence-electron chi connectivity index (χ1n) is 14.1. The number of carbonyl (C=O) groups is 1. The monoisotopic (exact) mass is 447 g/mol. The molecule has 3 fully saturated rings. The summed E-state index contributed by atoms with van der Waals surface area (Å²) in [6, 6.07) is 1.99. The van der Waals surface area contributed by atoms with E-state index in [2.05, 4.69) is 49.7 Å². The maximum atomic E-state index is 13.2. The molecule has 3 rings (SSSR count). The molecule has 0 amide bonds. The van der Waals surface area contributed by atoms with Crippen molar-refractivity contribution >= 4 is 5.78 Å². The lowest BCUT2D eigenvalue weighted by Crippen LogP contribution is -2.52. The number of nitrogens with one attached hydrogen (secondary N) is 1. The van der Waals surface area contributed by atoms with Crippen molar-refractivity contribution in [1.82, 2.24) is 15.1 Å². The normalized spacial score (nSPS) is 33.5. The Balaban J connectivity index is 1.38. The molecular formula is C28H53N3O. The van der Waals surface area contributed by atoms with E-state index in [1.807, 2.05) is 0 Å². The molecule has 0 radical (unpaired) electrons. The predicted molar refractivity (Wildman–Crippen MR) is 136 cm³/mol. The van der Waals surface area contributed by atoms with Crippen molar-refractivity contribution < 1.29 is 4.79 Å². The molecule has 186 valence electrons. The molecule has 0 aromatic carbocycles. The summed E-state index contributed by atoms with van der Waals surface area (Å²) in [6.07, 6.45) is 12.2. The summed E-state index contributed by atoms with van der Waals surface area (Å²) >= 11 is 0. The maximum Gasteiger partial charge on any atom is 0.136 e. The zero-order chi connectivity index (χ0) is 23.1. The molecule has 32 heavy (non-hydrogen) atoms. The highest BCUT2D eigenvalue weighted by Crippen LogP contribution is 2.37. The Morgan fingerprint density at radius 1 is 0.875 bits per heavy atom. The molecule has 2 aliphatic carbocycles. The summed E-state index contributed by atoms with van der Waals surface area (Å²) in [5.41, 5.74) is 0. The largest absolute Gasteiger partial charge is 0.315 e. The minimum absolute atomic E-state index is 0.352. The van der Waals surface area contributed by atoms with Crippen LogP contribution in [-0.2, 0) is 4.79 Å². The first kappa shape index (κ1) is 26.2. The van der Waals surface area contributed by atoms with Gasteiger partial charge in [0.25, 0.3) is 0 Å². The van der Waals surface area contributed by atoms with Gasteiger partial charge in [-0.1, -0.05) is 40.0 Å². The zero-order valence-electron chi connectivity index (χ0n) is 22.0. The van der Waals surface area contributed by atoms with E-state index < -0.39 is 0 Å². The van der Waals surface area contributed by atoms with Gasteiger partial charge in [-0.3, -0.25) is 14.6 Å². The first-order chi connectivity index (χ1) is 15.3. The summed E-state index contributed by atoms with van der Waals surface area (Å²) in [7, 11) is 0. The molecule has 0 aromatic rings. The molecule has 0 bridgehead atoms. The topological polar surface area (TPSA) is 35.6 Å². The Hall–Kier alpha value is -0.450. The van der Waals surface area contributed by atoms with Crippen LogP contribution in [0, 0.1) is 23.7 Å². The van der Waals surface area contributed by atoms with Gasteiger partial charge < -0.3 is 5.32 Å². The number of carbonyl (C=O) groups excluding carboxylic acids is 1. The van der Waals surface area contributed by atoms with Crippen molar-refractivity contribution in [2.24, 2.45) is 23.7 Å². The molecule has 4 nitrogen and oxygen atoms in total. The van der Waals surface area contributed by atoms with Gasteiger partial charge in [-0.25, -0.2) is 0 Å². The minimum Gasteiger partial charge on any atom is -0.315 e. The van der Waals surface area contributed by atoms with E-state index in [0.29, 0.717) is 29.7 Å². The van der Waals surface area contributed by atoms with E-state index in [1.165, 1.54) is 71.1 Å². The molecule has 1 N–H and O–H groups in total. The molecule has 3 atom stereocenters. The Morgan fingerprint density at radius 3 is 2.16 bits per heavy atom. The highest BCUT2D eigenvalue weighted by Gasteiger charge is 2.33. The summed E-state index contributed by atoms with van der Waals surface area (Å²) in [6.45, 7) is 17.5. The highest BCUT2D eigenvalue weighted by atomic mass is 16.1. The fourth-order valence-electron chi connectivity index (χ4n) is 6.59. The lowest BCUT2D eigenvalue weighted by molar-refractivity contribution is -0.125. The second-order valence-corrected chi connectivity index (χ2v) is 12.0. The van der Waals surface area contributed by atoms with E-state index in [9.17, 15) is 4.79 Å². The van der Waals surface area contributed by atoms with Gasteiger partial charge in [-0.15, -0.1) is 0 Å². The van der Waals surface area contributed by atoms with Crippen LogP contribution in [0.25, 0.3) is 0 Å². The maximum absolute atomic E-state index is 13.2. The molecule has 0 spiro atoms. The number of Topliss-reactive ketones (excluding diaryl/α,β-unsaturated/α-hetero) is 1. The smallest absolute Gasteiger partial charge is 0.136 e. The number of rotatable bonds is 9. The van der Waals surface area contributed by atoms with Crippen LogP contribution in [-0.4, -0.2) is 66.4 Å². The molecule has 2 saturated carbocycles. The Labute approximate surface area is 199 Å². The SMILES string of the molecule is CC(C)NCCC1CCC(C)C(CC(=O)C2CCC(N3CCN(C(C)C)CC3)CC2)CC1. The van der Waals surface area contributed by atoms with Crippen LogP contribution in [0.5, 0.6) is 0 Å². The highest BCUT2D eigenvalue weighted by molar-refractivity contribution is 5.81. The summed E-state index contributed by atoms with van der Waals surface area (Å²) in [5, 5.41) is 3.59. The van der Waals surface area contributed by atoms with Crippen LogP contribution < -0.4 is 5.32 Å². The van der Waals surface area contributed by atoms with Gasteiger partial charge in [0.1, 0.15) is 5.78 Å². The standard InChI is InChI=1S/C28H53N3O/c1-21(2)29-15-14-24-7-6-23(5)26(9-8-24)20-28(32)25-10-12-27(13-11-25)31-18-16-30(17-19-31)22(3)4/h21-27,29H,6-20H2,1-5H3. The van der Waals surface area contributed by atoms with Crippen LogP contribution in [0.4, 0.5) is 0 Å². The second kappa shape index (κ2) is 12.9. The average molecular weight is 448 g/mol. The van der Waals surface area contributed by atoms with E-state index in [-0.39, 0.29) is 0 Å². The average Bonchev–Trinajstić information content (AvgIpc) is 2.95. The number of piperazine rings is 1. The van der Waals surface area contributed by atoms with E-state index >= 15 is 0 Å². The zero-order valence-corrected chi connectivity index (χ0v) is 22.0. The van der Waals surface area contributed by atoms with Gasteiger partial charge in [0.15, 0.2) is 0 Å². The third kappa shape index (κ3) is 7.81. The third-order valence-electron chi connectivity index (χ3n) is 9.10. The first-order valence-corrected chi connectivity index (χ1v) is 14.1. The van der Waals surface area contributed by atoms with Crippen LogP contribution in [0.2, 0.25) is 0 Å². The summed E-state index contributed by atoms with van der Waals surface area (Å²) < 4.78 is 0. The molecule has 1 heterocycles. The van der Waals surface area contributed by atoms with Crippen LogP contribution in [0.1, 0.15) is 98.8 Å². The molecule has 1 saturated heterocycles. The van der Waals surface area contributed by atoms with Crippen molar-refractivity contribution in [3.63, 3.8) is 0 Å². The Bertz CT molecular complexity index is 547. The van der Waals surface area contributed by atoms with Crippen molar-refractivity contribution in [2.75, 3.05) is 32.7 Å². The van der Waals surface area contributed by atoms with Crippen LogP contribution in [0.3, 0.4) is 0 Å². The van der Waals surface area contributed by atoms with Gasteiger partial charge in [-0.2, -0.15) is 0 Å². The van der Waals surface area contributed by atoms with Crippen molar-refractivity contribution in [1.29, 1.82) is 0 Å². The number of hydrogen-bond donors (Lipinski definition) is 1. The predicted octanol–water partition coefficient (Wildman–Crippen LogP) is 5.36. The van der Waals surface area contributed by atoms with E-state index in [0.717, 1.165) is 43.7 Å². The van der Waals surface area contributed by atoms with Crippen molar-refractivity contribution in [3.8, 4) is 0 Å². The molecular weight excluding hydrogens is 394 g/mol. The molecule has 4 heteroatoms. The lowest BCUT2D eigenvalue weighted by Gasteiger charge is -2.43. The summed E-state index contributed by atoms with van der Waals surface area (Å²) in [5.74, 6) is 3.16. The number of hydrogen-bond acceptors (Lipinski definition) is 4. The number of nitrogens with zero attached hydrogens (tertiary/aromatic N) is 2. The fourth-order valence-corrected chi connectivity index (χ4v) is 6.59. The Kier molecular flexibility index (Phi) is 10.5. The molecule has 1 aliphatic heterocycles. The van der Waals surface area contributed by atoms with Gasteiger partial charge in [0.05, 0.1) is 0 Å². The fraction of sp³-hybridized carbons (Fsp3) is 0.964. The van der Waals surface area contributed by atoms with Gasteiger partial charge in [0, 0.05) is 56.6 Å².